The summed E-state index contributed by atoms with van der Waals surface area (Å²) in [5, 5.41) is 14.8. The molecular weight excluding hydrogens is 236 g/mol. The molecule has 0 unspecified atom stereocenters. The molecule has 0 aliphatic rings. The van der Waals surface area contributed by atoms with Gasteiger partial charge in [0.1, 0.15) is 0 Å². The summed E-state index contributed by atoms with van der Waals surface area (Å²) < 4.78 is 4.96. The molecule has 100 valence electrons. The second kappa shape index (κ2) is 6.78. The standard InChI is InChI=1S/C12H18N2O4/c1-3-8(4-2)9-7-10(18-14-9)12(17)13-6-5-11(15)16/h7-8H,3-6H2,1-2H3,(H,13,17)(H,15,16). The van der Waals surface area contributed by atoms with E-state index in [1.54, 1.807) is 6.07 Å². The Bertz CT molecular complexity index is 410. The van der Waals surface area contributed by atoms with Crippen LogP contribution in [0.4, 0.5) is 0 Å². The van der Waals surface area contributed by atoms with Crippen LogP contribution in [0, 0.1) is 0 Å². The van der Waals surface area contributed by atoms with Crippen molar-refractivity contribution in [3.63, 3.8) is 0 Å². The Morgan fingerprint density at radius 1 is 1.44 bits per heavy atom. The lowest BCUT2D eigenvalue weighted by Gasteiger charge is -2.05. The van der Waals surface area contributed by atoms with Gasteiger partial charge in [-0.05, 0) is 12.8 Å². The largest absolute Gasteiger partial charge is 0.481 e. The van der Waals surface area contributed by atoms with Crippen molar-refractivity contribution in [2.45, 2.75) is 39.0 Å². The highest BCUT2D eigenvalue weighted by Gasteiger charge is 2.17. The van der Waals surface area contributed by atoms with Crippen molar-refractivity contribution < 1.29 is 19.2 Å². The Balaban J connectivity index is 2.56. The fraction of sp³-hybridized carbons (Fsp3) is 0.583. The van der Waals surface area contributed by atoms with Crippen molar-refractivity contribution in [3.8, 4) is 0 Å². The third-order valence-corrected chi connectivity index (χ3v) is 2.78. The van der Waals surface area contributed by atoms with Gasteiger partial charge in [0.25, 0.3) is 5.91 Å². The molecule has 0 saturated carbocycles. The van der Waals surface area contributed by atoms with E-state index >= 15 is 0 Å². The lowest BCUT2D eigenvalue weighted by atomic mass is 9.99. The van der Waals surface area contributed by atoms with Gasteiger partial charge in [0.05, 0.1) is 12.1 Å². The fourth-order valence-corrected chi connectivity index (χ4v) is 1.67. The van der Waals surface area contributed by atoms with Gasteiger partial charge in [0.2, 0.25) is 5.76 Å². The van der Waals surface area contributed by atoms with E-state index in [-0.39, 0.29) is 24.6 Å². The second-order valence-electron chi connectivity index (χ2n) is 4.03. The van der Waals surface area contributed by atoms with Gasteiger partial charge < -0.3 is 14.9 Å². The van der Waals surface area contributed by atoms with Gasteiger partial charge in [0.15, 0.2) is 0 Å². The summed E-state index contributed by atoms with van der Waals surface area (Å²) in [7, 11) is 0. The number of hydrogen-bond donors (Lipinski definition) is 2. The van der Waals surface area contributed by atoms with E-state index in [4.69, 9.17) is 9.63 Å². The molecular formula is C12H18N2O4. The van der Waals surface area contributed by atoms with Gasteiger partial charge in [0, 0.05) is 18.5 Å². The maximum absolute atomic E-state index is 11.6. The Labute approximate surface area is 105 Å². The fourth-order valence-electron chi connectivity index (χ4n) is 1.67. The van der Waals surface area contributed by atoms with Crippen LogP contribution >= 0.6 is 0 Å². The molecule has 6 nitrogen and oxygen atoms in total. The molecule has 2 N–H and O–H groups in total. The third-order valence-electron chi connectivity index (χ3n) is 2.78. The van der Waals surface area contributed by atoms with Crippen molar-refractivity contribution >= 4 is 11.9 Å². The monoisotopic (exact) mass is 254 g/mol. The highest BCUT2D eigenvalue weighted by Crippen LogP contribution is 2.22. The summed E-state index contributed by atoms with van der Waals surface area (Å²) in [4.78, 5) is 21.9. The minimum atomic E-state index is -0.953. The van der Waals surface area contributed by atoms with E-state index in [9.17, 15) is 9.59 Å². The molecule has 0 radical (unpaired) electrons. The molecule has 0 atom stereocenters. The van der Waals surface area contributed by atoms with Gasteiger partial charge in [-0.2, -0.15) is 0 Å². The van der Waals surface area contributed by atoms with Crippen LogP contribution in [0.1, 0.15) is 55.3 Å². The average Bonchev–Trinajstić information content (AvgIpc) is 2.79. The number of amides is 1. The number of carboxylic acid groups (broad SMARTS) is 1. The molecule has 1 heterocycles. The summed E-state index contributed by atoms with van der Waals surface area (Å²) in [5.74, 6) is -0.969. The maximum atomic E-state index is 11.6. The first-order chi connectivity index (χ1) is 8.58. The average molecular weight is 254 g/mol. The number of nitrogens with one attached hydrogen (secondary N) is 1. The zero-order chi connectivity index (χ0) is 13.5. The van der Waals surface area contributed by atoms with Gasteiger partial charge in [-0.15, -0.1) is 0 Å². The molecule has 6 heteroatoms. The van der Waals surface area contributed by atoms with Gasteiger partial charge in [-0.1, -0.05) is 19.0 Å². The SMILES string of the molecule is CCC(CC)c1cc(C(=O)NCCC(=O)O)on1. The Morgan fingerprint density at radius 3 is 2.67 bits per heavy atom. The van der Waals surface area contributed by atoms with Crippen molar-refractivity contribution in [2.24, 2.45) is 0 Å². The molecule has 0 spiro atoms. The second-order valence-corrected chi connectivity index (χ2v) is 4.03. The predicted molar refractivity (Wildman–Crippen MR) is 64.4 cm³/mol. The topological polar surface area (TPSA) is 92.4 Å². The van der Waals surface area contributed by atoms with Crippen molar-refractivity contribution in [1.82, 2.24) is 10.5 Å². The van der Waals surface area contributed by atoms with Crippen LogP contribution in [-0.4, -0.2) is 28.7 Å². The molecule has 0 aliphatic carbocycles. The van der Waals surface area contributed by atoms with Crippen LogP contribution in [-0.2, 0) is 4.79 Å². The summed E-state index contributed by atoms with van der Waals surface area (Å²) in [5.41, 5.74) is 0.767. The van der Waals surface area contributed by atoms with Crippen molar-refractivity contribution in [1.29, 1.82) is 0 Å². The van der Waals surface area contributed by atoms with Crippen molar-refractivity contribution in [2.75, 3.05) is 6.54 Å². The van der Waals surface area contributed by atoms with Crippen LogP contribution < -0.4 is 5.32 Å². The van der Waals surface area contributed by atoms with E-state index in [2.05, 4.69) is 24.3 Å². The molecule has 1 rings (SSSR count). The van der Waals surface area contributed by atoms with Gasteiger partial charge in [-0.25, -0.2) is 0 Å². The Morgan fingerprint density at radius 2 is 2.11 bits per heavy atom. The maximum Gasteiger partial charge on any atom is 0.305 e. The summed E-state index contributed by atoms with van der Waals surface area (Å²) in [6, 6.07) is 1.62. The molecule has 1 aromatic rings. The first-order valence-corrected chi connectivity index (χ1v) is 6.05. The lowest BCUT2D eigenvalue weighted by Crippen LogP contribution is -2.25. The van der Waals surface area contributed by atoms with E-state index in [0.717, 1.165) is 18.5 Å². The van der Waals surface area contributed by atoms with Gasteiger partial charge >= 0.3 is 5.97 Å². The highest BCUT2D eigenvalue weighted by atomic mass is 16.5. The zero-order valence-electron chi connectivity index (χ0n) is 10.6. The summed E-state index contributed by atoms with van der Waals surface area (Å²) >= 11 is 0. The number of rotatable bonds is 7. The molecule has 0 aliphatic heterocycles. The van der Waals surface area contributed by atoms with E-state index in [1.807, 2.05) is 0 Å². The molecule has 18 heavy (non-hydrogen) atoms. The number of nitrogens with zero attached hydrogens (tertiary/aromatic N) is 1. The van der Waals surface area contributed by atoms with Crippen LogP contribution in [0.5, 0.6) is 0 Å². The van der Waals surface area contributed by atoms with Crippen LogP contribution in [0.25, 0.3) is 0 Å². The minimum absolute atomic E-state index is 0.0786. The number of aliphatic carboxylic acids is 1. The number of aromatic nitrogens is 1. The van der Waals surface area contributed by atoms with E-state index in [0.29, 0.717) is 0 Å². The number of carboxylic acids is 1. The number of hydrogen-bond acceptors (Lipinski definition) is 4. The molecule has 0 fully saturated rings. The number of carbonyl (C=O) groups excluding carboxylic acids is 1. The molecule has 1 aromatic heterocycles. The quantitative estimate of drug-likeness (QED) is 0.773. The molecule has 0 aromatic carbocycles. The van der Waals surface area contributed by atoms with Crippen LogP contribution in [0.15, 0.2) is 10.6 Å². The third kappa shape index (κ3) is 3.87. The first-order valence-electron chi connectivity index (χ1n) is 6.05. The van der Waals surface area contributed by atoms with Crippen LogP contribution in [0.2, 0.25) is 0 Å². The van der Waals surface area contributed by atoms with E-state index < -0.39 is 11.9 Å². The Hall–Kier alpha value is -1.85. The lowest BCUT2D eigenvalue weighted by molar-refractivity contribution is -0.136. The molecule has 0 bridgehead atoms. The Kier molecular flexibility index (Phi) is 5.35. The van der Waals surface area contributed by atoms with Gasteiger partial charge in [-0.3, -0.25) is 9.59 Å². The summed E-state index contributed by atoms with van der Waals surface area (Å²) in [6.45, 7) is 4.18. The smallest absolute Gasteiger partial charge is 0.305 e. The summed E-state index contributed by atoms with van der Waals surface area (Å²) in [6.07, 6.45) is 1.76. The van der Waals surface area contributed by atoms with E-state index in [1.165, 1.54) is 0 Å². The van der Waals surface area contributed by atoms with Crippen molar-refractivity contribution in [3.05, 3.63) is 17.5 Å². The normalized spacial score (nSPS) is 10.6. The molecule has 0 saturated heterocycles. The first kappa shape index (κ1) is 14.2. The highest BCUT2D eigenvalue weighted by molar-refractivity contribution is 5.91. The molecule has 1 amide bonds. The van der Waals surface area contributed by atoms with Crippen LogP contribution in [0.3, 0.4) is 0 Å². The zero-order valence-corrected chi connectivity index (χ0v) is 10.6. The number of carbonyl (C=O) groups is 2. The minimum Gasteiger partial charge on any atom is -0.481 e. The predicted octanol–water partition coefficient (Wildman–Crippen LogP) is 1.78.